The van der Waals surface area contributed by atoms with Crippen LogP contribution >= 0.6 is 0 Å². The molecule has 0 amide bonds. The summed E-state index contributed by atoms with van der Waals surface area (Å²) in [5.41, 5.74) is -0.957. The van der Waals surface area contributed by atoms with Crippen molar-refractivity contribution in [2.45, 2.75) is 82.7 Å². The smallest absolute Gasteiger partial charge is 0.342 e. The van der Waals surface area contributed by atoms with E-state index in [0.717, 1.165) is 4.68 Å². The summed E-state index contributed by atoms with van der Waals surface area (Å²) in [4.78, 5) is 0. The Labute approximate surface area is 147 Å². The molecular weight excluding hydrogens is 359 g/mol. The highest BCUT2D eigenvalue weighted by molar-refractivity contribution is 5.03. The first-order valence-electron chi connectivity index (χ1n) is 8.28. The second-order valence-corrected chi connectivity index (χ2v) is 7.51. The maximum atomic E-state index is 13.1. The normalized spacial score (nSPS) is 38.2. The van der Waals surface area contributed by atoms with E-state index in [2.05, 4.69) is 10.3 Å². The summed E-state index contributed by atoms with van der Waals surface area (Å²) >= 11 is 0. The van der Waals surface area contributed by atoms with E-state index in [-0.39, 0.29) is 6.54 Å². The molecule has 26 heavy (non-hydrogen) atoms. The maximum absolute atomic E-state index is 13.1. The molecule has 0 aliphatic carbocycles. The highest BCUT2D eigenvalue weighted by Gasteiger charge is 2.60. The van der Waals surface area contributed by atoms with Gasteiger partial charge in [-0.05, 0) is 27.7 Å². The van der Waals surface area contributed by atoms with Gasteiger partial charge in [-0.15, -0.1) is 5.10 Å². The van der Waals surface area contributed by atoms with Gasteiger partial charge in [-0.3, -0.25) is 0 Å². The molecule has 146 valence electrons. The fourth-order valence-corrected chi connectivity index (χ4v) is 3.62. The van der Waals surface area contributed by atoms with Crippen LogP contribution in [0.3, 0.4) is 0 Å². The molecule has 3 saturated heterocycles. The number of hydrogen-bond donors (Lipinski definition) is 0. The van der Waals surface area contributed by atoms with Gasteiger partial charge < -0.3 is 23.7 Å². The van der Waals surface area contributed by atoms with Crippen LogP contribution in [0.1, 0.15) is 33.4 Å². The highest BCUT2D eigenvalue weighted by Crippen LogP contribution is 2.44. The summed E-state index contributed by atoms with van der Waals surface area (Å²) in [6, 6.07) is 0. The Morgan fingerprint density at radius 3 is 2.31 bits per heavy atom. The predicted octanol–water partition coefficient (Wildman–Crippen LogP) is 1.69. The second kappa shape index (κ2) is 5.61. The lowest BCUT2D eigenvalue weighted by Gasteiger charge is -2.37. The van der Waals surface area contributed by atoms with Gasteiger partial charge in [-0.25, -0.2) is 4.68 Å². The number of ether oxygens (including phenoxy) is 5. The molecule has 8 nitrogen and oxygen atoms in total. The van der Waals surface area contributed by atoms with Gasteiger partial charge in [0.25, 0.3) is 0 Å². The molecule has 4 heterocycles. The van der Waals surface area contributed by atoms with E-state index in [1.54, 1.807) is 27.7 Å². The van der Waals surface area contributed by atoms with Gasteiger partial charge in [-0.2, -0.15) is 13.2 Å². The van der Waals surface area contributed by atoms with Crippen LogP contribution in [0.25, 0.3) is 0 Å². The van der Waals surface area contributed by atoms with Crippen molar-refractivity contribution in [3.63, 3.8) is 0 Å². The van der Waals surface area contributed by atoms with Crippen LogP contribution in [0.5, 0.6) is 0 Å². The number of hydrogen-bond acceptors (Lipinski definition) is 7. The third-order valence-corrected chi connectivity index (χ3v) is 4.51. The topological polar surface area (TPSA) is 76.9 Å². The van der Waals surface area contributed by atoms with Crippen LogP contribution < -0.4 is 0 Å². The molecule has 4 rings (SSSR count). The Morgan fingerprint density at radius 1 is 1.00 bits per heavy atom. The minimum atomic E-state index is -4.57. The molecule has 1 aromatic rings. The maximum Gasteiger partial charge on any atom is 0.434 e. The number of rotatable bonds is 2. The van der Waals surface area contributed by atoms with Crippen LogP contribution in [0.2, 0.25) is 0 Å². The van der Waals surface area contributed by atoms with Crippen molar-refractivity contribution in [1.29, 1.82) is 0 Å². The van der Waals surface area contributed by atoms with E-state index in [1.165, 1.54) is 0 Å². The number of halogens is 3. The predicted molar refractivity (Wildman–Crippen MR) is 77.5 cm³/mol. The first kappa shape index (κ1) is 18.1. The number of nitrogens with zero attached hydrogens (tertiary/aromatic N) is 3. The molecule has 0 unspecified atom stereocenters. The lowest BCUT2D eigenvalue weighted by atomic mass is 9.99. The van der Waals surface area contributed by atoms with Gasteiger partial charge in [0.15, 0.2) is 23.6 Å². The van der Waals surface area contributed by atoms with E-state index in [0.29, 0.717) is 6.20 Å². The fourth-order valence-electron chi connectivity index (χ4n) is 3.62. The molecule has 5 atom stereocenters. The minimum absolute atomic E-state index is 0.206. The summed E-state index contributed by atoms with van der Waals surface area (Å²) in [5.74, 6) is -1.81. The van der Waals surface area contributed by atoms with Crippen LogP contribution in [0, 0.1) is 0 Å². The zero-order valence-corrected chi connectivity index (χ0v) is 14.7. The Hall–Kier alpha value is -1.27. The molecule has 0 spiro atoms. The van der Waals surface area contributed by atoms with Crippen LogP contribution in [0.4, 0.5) is 13.2 Å². The lowest BCUT2D eigenvalue weighted by Crippen LogP contribution is -2.56. The van der Waals surface area contributed by atoms with E-state index >= 15 is 0 Å². The summed E-state index contributed by atoms with van der Waals surface area (Å²) in [5, 5.41) is 6.91. The van der Waals surface area contributed by atoms with Gasteiger partial charge >= 0.3 is 6.18 Å². The molecule has 11 heteroatoms. The fraction of sp³-hybridized carbons (Fsp3) is 0.867. The van der Waals surface area contributed by atoms with Crippen molar-refractivity contribution < 1.29 is 36.9 Å². The average molecular weight is 379 g/mol. The highest BCUT2D eigenvalue weighted by atomic mass is 19.4. The number of fused-ring (bicyclic) bond motifs is 3. The summed E-state index contributed by atoms with van der Waals surface area (Å²) in [6.45, 7) is 6.73. The standard InChI is InChI=1S/C15H20F3N3O5/c1-13(2)23-9-7(6-21-8(5-19-20-21)15(16,17)18)22-12-11(10(9)24-13)25-14(3,4)26-12/h5,7,9-12H,6H2,1-4H3/t7-,9+,10+,11-,12-/m1/s1. The van der Waals surface area contributed by atoms with E-state index in [9.17, 15) is 13.2 Å². The Balaban J connectivity index is 1.61. The van der Waals surface area contributed by atoms with Gasteiger partial charge in [0.2, 0.25) is 0 Å². The Morgan fingerprint density at radius 2 is 1.62 bits per heavy atom. The van der Waals surface area contributed by atoms with Crippen molar-refractivity contribution in [1.82, 2.24) is 15.0 Å². The molecule has 0 N–H and O–H groups in total. The molecular formula is C15H20F3N3O5. The molecule has 1 aromatic heterocycles. The van der Waals surface area contributed by atoms with Crippen LogP contribution in [-0.2, 0) is 36.4 Å². The van der Waals surface area contributed by atoms with Crippen molar-refractivity contribution in [2.24, 2.45) is 0 Å². The third-order valence-electron chi connectivity index (χ3n) is 4.51. The summed E-state index contributed by atoms with van der Waals surface area (Å²) in [6.07, 6.45) is -7.14. The molecule has 3 fully saturated rings. The number of alkyl halides is 3. The van der Waals surface area contributed by atoms with Gasteiger partial charge in [0.1, 0.15) is 24.4 Å². The summed E-state index contributed by atoms with van der Waals surface area (Å²) < 4.78 is 69.4. The number of aromatic nitrogens is 3. The van der Waals surface area contributed by atoms with E-state index < -0.39 is 54.2 Å². The SMILES string of the molecule is CC1(C)O[C@H]2[C@@H](O1)[C@@H](Cn1nncc1C(F)(F)F)O[C@@H]1OC(C)(C)O[C@@H]12. The molecule has 3 aliphatic rings. The second-order valence-electron chi connectivity index (χ2n) is 7.51. The van der Waals surface area contributed by atoms with Crippen molar-refractivity contribution >= 4 is 0 Å². The molecule has 3 aliphatic heterocycles. The van der Waals surface area contributed by atoms with E-state index in [1.807, 2.05) is 0 Å². The quantitative estimate of drug-likeness (QED) is 0.774. The van der Waals surface area contributed by atoms with Crippen molar-refractivity contribution in [2.75, 3.05) is 0 Å². The Bertz CT molecular complexity index is 692. The monoisotopic (exact) mass is 379 g/mol. The molecule has 0 radical (unpaired) electrons. The minimum Gasteiger partial charge on any atom is -0.342 e. The largest absolute Gasteiger partial charge is 0.434 e. The van der Waals surface area contributed by atoms with Crippen LogP contribution in [0.15, 0.2) is 6.20 Å². The zero-order chi connectivity index (χ0) is 18.9. The molecule has 0 aromatic carbocycles. The molecule has 0 saturated carbocycles. The van der Waals surface area contributed by atoms with E-state index in [4.69, 9.17) is 23.7 Å². The molecule has 0 bridgehead atoms. The van der Waals surface area contributed by atoms with Crippen molar-refractivity contribution in [3.8, 4) is 0 Å². The zero-order valence-electron chi connectivity index (χ0n) is 14.7. The first-order valence-corrected chi connectivity index (χ1v) is 8.28. The van der Waals surface area contributed by atoms with Gasteiger partial charge in [-0.1, -0.05) is 5.21 Å². The van der Waals surface area contributed by atoms with Gasteiger partial charge in [0.05, 0.1) is 12.7 Å². The summed E-state index contributed by atoms with van der Waals surface area (Å²) in [7, 11) is 0. The average Bonchev–Trinajstić information content (AvgIpc) is 3.12. The van der Waals surface area contributed by atoms with Gasteiger partial charge in [0, 0.05) is 0 Å². The third kappa shape index (κ3) is 3.11. The Kier molecular flexibility index (Phi) is 3.91. The van der Waals surface area contributed by atoms with Crippen molar-refractivity contribution in [3.05, 3.63) is 11.9 Å². The first-order chi connectivity index (χ1) is 12.0. The lowest BCUT2D eigenvalue weighted by molar-refractivity contribution is -0.237. The van der Waals surface area contributed by atoms with Crippen LogP contribution in [-0.4, -0.2) is 57.3 Å².